The highest BCUT2D eigenvalue weighted by Crippen LogP contribution is 2.42. The molecule has 1 aliphatic carbocycles. The molecule has 0 radical (unpaired) electrons. The third kappa shape index (κ3) is 6.55. The van der Waals surface area contributed by atoms with Crippen molar-refractivity contribution < 1.29 is 9.59 Å². The van der Waals surface area contributed by atoms with Crippen LogP contribution < -0.4 is 10.6 Å². The first-order valence-electron chi connectivity index (χ1n) is 10.9. The zero-order valence-electron chi connectivity index (χ0n) is 18.3. The lowest BCUT2D eigenvalue weighted by molar-refractivity contribution is -0.127. The van der Waals surface area contributed by atoms with Gasteiger partial charge in [0.25, 0.3) is 0 Å². The van der Waals surface area contributed by atoms with Crippen molar-refractivity contribution in [1.29, 1.82) is 0 Å². The SMILES string of the molecule is CN(C)C1(c2cccs2)CCC(NC(=O)CCC(=O)NCCc2cccc(Cl)c2)CC1. The van der Waals surface area contributed by atoms with Crippen LogP contribution in [0.15, 0.2) is 41.8 Å². The first-order chi connectivity index (χ1) is 14.9. The Kier molecular flexibility index (Phi) is 8.52. The van der Waals surface area contributed by atoms with E-state index in [1.807, 2.05) is 35.6 Å². The molecule has 1 saturated carbocycles. The summed E-state index contributed by atoms with van der Waals surface area (Å²) < 4.78 is 0. The van der Waals surface area contributed by atoms with Gasteiger partial charge in [-0.05, 0) is 75.3 Å². The Bertz CT molecular complexity index is 861. The van der Waals surface area contributed by atoms with Crippen LogP contribution in [-0.2, 0) is 21.5 Å². The molecule has 0 aliphatic heterocycles. The highest BCUT2D eigenvalue weighted by Gasteiger charge is 2.39. The number of amides is 2. The summed E-state index contributed by atoms with van der Waals surface area (Å²) in [5.74, 6) is -0.131. The second-order valence-electron chi connectivity index (χ2n) is 8.47. The van der Waals surface area contributed by atoms with Crippen molar-refractivity contribution in [2.24, 2.45) is 0 Å². The van der Waals surface area contributed by atoms with Gasteiger partial charge in [0.2, 0.25) is 11.8 Å². The van der Waals surface area contributed by atoms with E-state index in [0.717, 1.165) is 37.7 Å². The van der Waals surface area contributed by atoms with E-state index >= 15 is 0 Å². The molecule has 0 unspecified atom stereocenters. The molecule has 0 bridgehead atoms. The highest BCUT2D eigenvalue weighted by atomic mass is 35.5. The van der Waals surface area contributed by atoms with Gasteiger partial charge in [0, 0.05) is 35.3 Å². The number of hydrogen-bond donors (Lipinski definition) is 2. The van der Waals surface area contributed by atoms with E-state index in [1.54, 1.807) is 0 Å². The Hall–Kier alpha value is -1.89. The van der Waals surface area contributed by atoms with E-state index in [2.05, 4.69) is 47.1 Å². The lowest BCUT2D eigenvalue weighted by atomic mass is 9.77. The summed E-state index contributed by atoms with van der Waals surface area (Å²) in [6.07, 6.45) is 5.11. The molecule has 31 heavy (non-hydrogen) atoms. The minimum absolute atomic E-state index is 0.0385. The summed E-state index contributed by atoms with van der Waals surface area (Å²) in [5.41, 5.74) is 1.15. The second kappa shape index (κ2) is 11.1. The Morgan fingerprint density at radius 2 is 1.87 bits per heavy atom. The van der Waals surface area contributed by atoms with E-state index in [9.17, 15) is 9.59 Å². The van der Waals surface area contributed by atoms with E-state index in [-0.39, 0.29) is 36.2 Å². The van der Waals surface area contributed by atoms with Gasteiger partial charge in [0.05, 0.1) is 5.54 Å². The molecule has 2 amide bonds. The van der Waals surface area contributed by atoms with Crippen LogP contribution in [0, 0.1) is 0 Å². The van der Waals surface area contributed by atoms with Crippen molar-refractivity contribution in [3.05, 3.63) is 57.2 Å². The normalized spacial score (nSPS) is 21.1. The van der Waals surface area contributed by atoms with Gasteiger partial charge in [-0.25, -0.2) is 0 Å². The van der Waals surface area contributed by atoms with Gasteiger partial charge in [-0.2, -0.15) is 0 Å². The van der Waals surface area contributed by atoms with Gasteiger partial charge < -0.3 is 10.6 Å². The van der Waals surface area contributed by atoms with Gasteiger partial charge in [0.15, 0.2) is 0 Å². The molecular weight excluding hydrogens is 430 g/mol. The molecular formula is C24H32ClN3O2S. The van der Waals surface area contributed by atoms with E-state index in [0.29, 0.717) is 11.6 Å². The van der Waals surface area contributed by atoms with Gasteiger partial charge in [-0.1, -0.05) is 29.8 Å². The van der Waals surface area contributed by atoms with Crippen LogP contribution in [0.4, 0.5) is 0 Å². The molecule has 1 heterocycles. The molecule has 0 saturated heterocycles. The van der Waals surface area contributed by atoms with Crippen molar-refractivity contribution >= 4 is 34.8 Å². The molecule has 168 valence electrons. The molecule has 1 aliphatic rings. The molecule has 7 heteroatoms. The molecule has 2 N–H and O–H groups in total. The second-order valence-corrected chi connectivity index (χ2v) is 9.86. The standard InChI is InChI=1S/C24H32ClN3O2S/c1-28(2)24(21-7-4-16-31-21)13-10-20(11-14-24)27-23(30)9-8-22(29)26-15-12-18-5-3-6-19(25)17-18/h3-7,16-17,20H,8-15H2,1-2H3,(H,26,29)(H,27,30). The van der Waals surface area contributed by atoms with Crippen molar-refractivity contribution in [3.63, 3.8) is 0 Å². The molecule has 2 aromatic rings. The maximum Gasteiger partial charge on any atom is 0.220 e. The number of nitrogens with one attached hydrogen (secondary N) is 2. The van der Waals surface area contributed by atoms with Crippen LogP contribution in [0.1, 0.15) is 49.0 Å². The molecule has 0 atom stereocenters. The summed E-state index contributed by atoms with van der Waals surface area (Å²) in [6.45, 7) is 0.540. The van der Waals surface area contributed by atoms with Crippen LogP contribution >= 0.6 is 22.9 Å². The third-order valence-electron chi connectivity index (χ3n) is 6.22. The third-order valence-corrected chi connectivity index (χ3v) is 7.52. The highest BCUT2D eigenvalue weighted by molar-refractivity contribution is 7.10. The topological polar surface area (TPSA) is 61.4 Å². The van der Waals surface area contributed by atoms with E-state index in [1.165, 1.54) is 4.88 Å². The smallest absolute Gasteiger partial charge is 0.220 e. The summed E-state index contributed by atoms with van der Waals surface area (Å²) in [7, 11) is 4.28. The first-order valence-corrected chi connectivity index (χ1v) is 12.2. The number of carbonyl (C=O) groups is 2. The predicted octanol–water partition coefficient (Wildman–Crippen LogP) is 4.36. The molecule has 1 aromatic heterocycles. The van der Waals surface area contributed by atoms with Crippen molar-refractivity contribution in [1.82, 2.24) is 15.5 Å². The van der Waals surface area contributed by atoms with Crippen molar-refractivity contribution in [3.8, 4) is 0 Å². The predicted molar refractivity (Wildman–Crippen MR) is 127 cm³/mol. The summed E-state index contributed by atoms with van der Waals surface area (Å²) in [5, 5.41) is 8.85. The van der Waals surface area contributed by atoms with Crippen molar-refractivity contribution in [2.75, 3.05) is 20.6 Å². The molecule has 3 rings (SSSR count). The van der Waals surface area contributed by atoms with E-state index in [4.69, 9.17) is 11.6 Å². The van der Waals surface area contributed by atoms with Crippen molar-refractivity contribution in [2.45, 2.75) is 56.5 Å². The van der Waals surface area contributed by atoms with Gasteiger partial charge >= 0.3 is 0 Å². The van der Waals surface area contributed by atoms with E-state index < -0.39 is 0 Å². The van der Waals surface area contributed by atoms with Crippen LogP contribution in [-0.4, -0.2) is 43.4 Å². The lowest BCUT2D eigenvalue weighted by Crippen LogP contribution is -2.48. The largest absolute Gasteiger partial charge is 0.356 e. The van der Waals surface area contributed by atoms with Crippen LogP contribution in [0.2, 0.25) is 5.02 Å². The summed E-state index contributed by atoms with van der Waals surface area (Å²) >= 11 is 7.78. The Labute approximate surface area is 194 Å². The number of benzene rings is 1. The minimum Gasteiger partial charge on any atom is -0.356 e. The fraction of sp³-hybridized carbons (Fsp3) is 0.500. The van der Waals surface area contributed by atoms with Crippen LogP contribution in [0.3, 0.4) is 0 Å². The maximum absolute atomic E-state index is 12.4. The average Bonchev–Trinajstić information content (AvgIpc) is 3.28. The Balaban J connectivity index is 1.36. The zero-order chi connectivity index (χ0) is 22.3. The number of halogens is 1. The average molecular weight is 462 g/mol. The van der Waals surface area contributed by atoms with Gasteiger partial charge in [-0.3, -0.25) is 14.5 Å². The number of carbonyl (C=O) groups excluding carboxylic acids is 2. The molecule has 1 aromatic carbocycles. The minimum atomic E-state index is -0.0925. The number of nitrogens with zero attached hydrogens (tertiary/aromatic N) is 1. The molecule has 1 fully saturated rings. The summed E-state index contributed by atoms with van der Waals surface area (Å²) in [6, 6.07) is 12.1. The van der Waals surface area contributed by atoms with Gasteiger partial charge in [-0.15, -0.1) is 11.3 Å². The monoisotopic (exact) mass is 461 g/mol. The lowest BCUT2D eigenvalue weighted by Gasteiger charge is -2.44. The van der Waals surface area contributed by atoms with Crippen LogP contribution in [0.5, 0.6) is 0 Å². The number of rotatable bonds is 9. The van der Waals surface area contributed by atoms with Crippen LogP contribution in [0.25, 0.3) is 0 Å². The molecule has 0 spiro atoms. The Morgan fingerprint density at radius 1 is 1.13 bits per heavy atom. The number of hydrogen-bond acceptors (Lipinski definition) is 4. The fourth-order valence-electron chi connectivity index (χ4n) is 4.35. The fourth-order valence-corrected chi connectivity index (χ4v) is 5.63. The quantitative estimate of drug-likeness (QED) is 0.583. The first kappa shape index (κ1) is 23.8. The Morgan fingerprint density at radius 3 is 2.52 bits per heavy atom. The van der Waals surface area contributed by atoms with Gasteiger partial charge in [0.1, 0.15) is 0 Å². The summed E-state index contributed by atoms with van der Waals surface area (Å²) in [4.78, 5) is 28.1. The molecule has 5 nitrogen and oxygen atoms in total. The number of thiophene rings is 1. The zero-order valence-corrected chi connectivity index (χ0v) is 19.9. The maximum atomic E-state index is 12.4.